The van der Waals surface area contributed by atoms with Gasteiger partial charge in [0.2, 0.25) is 0 Å². The molecule has 1 unspecified atom stereocenters. The minimum Gasteiger partial charge on any atom is -0.459 e. The third-order valence-electron chi connectivity index (χ3n) is 6.74. The number of halogens is 1. The predicted octanol–water partition coefficient (Wildman–Crippen LogP) is 3.63. The number of amides is 1. The molecule has 4 rings (SSSR count). The molecule has 0 saturated heterocycles. The van der Waals surface area contributed by atoms with Crippen LogP contribution in [-0.4, -0.2) is 36.0 Å². The van der Waals surface area contributed by atoms with Crippen LogP contribution in [0.1, 0.15) is 37.3 Å². The minimum absolute atomic E-state index is 0.154. The number of hydrogen-bond donors (Lipinski definition) is 2. The van der Waals surface area contributed by atoms with Gasteiger partial charge in [0.25, 0.3) is 5.91 Å². The van der Waals surface area contributed by atoms with E-state index in [-0.39, 0.29) is 19.1 Å². The van der Waals surface area contributed by atoms with Crippen molar-refractivity contribution in [3.63, 3.8) is 0 Å². The molecular weight excluding hydrogens is 426 g/mol. The van der Waals surface area contributed by atoms with Crippen LogP contribution in [0.5, 0.6) is 0 Å². The minimum atomic E-state index is -1.16. The van der Waals surface area contributed by atoms with Crippen molar-refractivity contribution in [2.45, 2.75) is 43.9 Å². The highest BCUT2D eigenvalue weighted by atomic mass is 35.5. The maximum absolute atomic E-state index is 14.0. The highest BCUT2D eigenvalue weighted by Crippen LogP contribution is 2.52. The summed E-state index contributed by atoms with van der Waals surface area (Å²) in [4.78, 5) is 28.1. The molecule has 2 aliphatic rings. The van der Waals surface area contributed by atoms with Gasteiger partial charge in [-0.25, -0.2) is 0 Å². The fourth-order valence-corrected chi connectivity index (χ4v) is 5.03. The molecule has 32 heavy (non-hydrogen) atoms. The van der Waals surface area contributed by atoms with E-state index < -0.39 is 17.0 Å². The van der Waals surface area contributed by atoms with Gasteiger partial charge in [-0.1, -0.05) is 78.7 Å². The zero-order valence-electron chi connectivity index (χ0n) is 18.4. The molecule has 1 atom stereocenters. The molecule has 1 aliphatic carbocycles. The van der Waals surface area contributed by atoms with Gasteiger partial charge in [0, 0.05) is 5.41 Å². The molecule has 0 spiro atoms. The Morgan fingerprint density at radius 1 is 1.12 bits per heavy atom. The molecule has 7 heteroatoms. The van der Waals surface area contributed by atoms with Gasteiger partial charge in [0.1, 0.15) is 18.3 Å². The van der Waals surface area contributed by atoms with Crippen LogP contribution in [-0.2, 0) is 26.3 Å². The second-order valence-electron chi connectivity index (χ2n) is 8.36. The number of carbonyl (C=O) groups is 2. The maximum atomic E-state index is 14.0. The van der Waals surface area contributed by atoms with E-state index in [0.717, 1.165) is 30.4 Å². The lowest BCUT2D eigenvalue weighted by atomic mass is 9.56. The summed E-state index contributed by atoms with van der Waals surface area (Å²) in [6.45, 7) is 1.68. The van der Waals surface area contributed by atoms with Gasteiger partial charge >= 0.3 is 5.97 Å². The normalized spacial score (nSPS) is 22.2. The number of carbonyl (C=O) groups excluding carboxylic acids is 2. The van der Waals surface area contributed by atoms with Crippen molar-refractivity contribution >= 4 is 23.5 Å². The molecule has 0 radical (unpaired) electrons. The average Bonchev–Trinajstić information content (AvgIpc) is 2.79. The molecule has 2 N–H and O–H groups in total. The summed E-state index contributed by atoms with van der Waals surface area (Å²) in [5.41, 5.74) is 0.814. The Morgan fingerprint density at radius 3 is 2.31 bits per heavy atom. The van der Waals surface area contributed by atoms with Gasteiger partial charge in [0.15, 0.2) is 5.66 Å². The first-order valence-corrected chi connectivity index (χ1v) is 11.2. The van der Waals surface area contributed by atoms with Crippen LogP contribution >= 0.6 is 11.6 Å². The van der Waals surface area contributed by atoms with Crippen LogP contribution < -0.4 is 10.6 Å². The van der Waals surface area contributed by atoms with E-state index in [4.69, 9.17) is 16.3 Å². The van der Waals surface area contributed by atoms with Gasteiger partial charge in [-0.2, -0.15) is 0 Å². The zero-order chi connectivity index (χ0) is 22.8. The first-order valence-electron chi connectivity index (χ1n) is 10.8. The lowest BCUT2D eigenvalue weighted by Gasteiger charge is -2.58. The lowest BCUT2D eigenvalue weighted by molar-refractivity contribution is -0.155. The third-order valence-corrected chi connectivity index (χ3v) is 7.11. The number of rotatable bonds is 7. The summed E-state index contributed by atoms with van der Waals surface area (Å²) >= 11 is 6.60. The molecule has 2 aromatic rings. The number of likely N-dealkylation sites (N-methyl/N-ethyl adjacent to an activating group) is 1. The third kappa shape index (κ3) is 3.67. The van der Waals surface area contributed by atoms with E-state index in [9.17, 15) is 9.59 Å². The number of benzene rings is 2. The molecular formula is C25H28ClN3O3. The standard InChI is InChI=1S/C25H28ClN3O3/c1-18-22(26)28-25(27-2,24(14-9-15-24)20-12-7-4-8-13-20)23(31)29(18)16-21(30)32-17-19-10-5-3-6-11-19/h3-8,10-13,27-28H,9,14-17H2,1-2H3. The summed E-state index contributed by atoms with van der Waals surface area (Å²) in [5, 5.41) is 6.86. The predicted molar refractivity (Wildman–Crippen MR) is 123 cm³/mol. The molecule has 0 bridgehead atoms. The fourth-order valence-electron chi connectivity index (χ4n) is 4.79. The smallest absolute Gasteiger partial charge is 0.326 e. The van der Waals surface area contributed by atoms with Crippen molar-refractivity contribution in [1.82, 2.24) is 15.5 Å². The number of nitrogens with zero attached hydrogens (tertiary/aromatic N) is 1. The number of hydrogen-bond acceptors (Lipinski definition) is 5. The van der Waals surface area contributed by atoms with Gasteiger partial charge < -0.3 is 10.1 Å². The lowest BCUT2D eigenvalue weighted by Crippen LogP contribution is -2.78. The monoisotopic (exact) mass is 453 g/mol. The fraction of sp³-hybridized carbons (Fsp3) is 0.360. The summed E-state index contributed by atoms with van der Waals surface area (Å²) in [7, 11) is 1.75. The Morgan fingerprint density at radius 2 is 1.75 bits per heavy atom. The number of ether oxygens (including phenoxy) is 1. The van der Waals surface area contributed by atoms with Crippen molar-refractivity contribution in [3.8, 4) is 0 Å². The Balaban J connectivity index is 1.61. The van der Waals surface area contributed by atoms with Crippen molar-refractivity contribution < 1.29 is 14.3 Å². The van der Waals surface area contributed by atoms with E-state index in [1.54, 1.807) is 14.0 Å². The Labute approximate surface area is 193 Å². The number of esters is 1. The molecule has 6 nitrogen and oxygen atoms in total. The van der Waals surface area contributed by atoms with Crippen LogP contribution in [0.2, 0.25) is 0 Å². The highest BCUT2D eigenvalue weighted by molar-refractivity contribution is 6.30. The summed E-state index contributed by atoms with van der Waals surface area (Å²) in [6, 6.07) is 19.5. The SMILES string of the molecule is CNC1(C2(c3ccccc3)CCC2)NC(Cl)=C(C)N(CC(=O)OCc2ccccc2)C1=O. The quantitative estimate of drug-likeness (QED) is 0.495. The first kappa shape index (κ1) is 22.4. The van der Waals surface area contributed by atoms with Crippen LogP contribution in [0.15, 0.2) is 71.5 Å². The Kier molecular flexibility index (Phi) is 6.26. The topological polar surface area (TPSA) is 70.7 Å². The largest absolute Gasteiger partial charge is 0.459 e. The van der Waals surface area contributed by atoms with Crippen molar-refractivity contribution in [2.24, 2.45) is 0 Å². The molecule has 1 amide bonds. The van der Waals surface area contributed by atoms with Crippen molar-refractivity contribution in [1.29, 1.82) is 0 Å². The van der Waals surface area contributed by atoms with Crippen LogP contribution in [0, 0.1) is 0 Å². The summed E-state index contributed by atoms with van der Waals surface area (Å²) < 4.78 is 5.44. The van der Waals surface area contributed by atoms with Gasteiger partial charge in [0.05, 0.1) is 5.70 Å². The van der Waals surface area contributed by atoms with Crippen LogP contribution in [0.4, 0.5) is 0 Å². The van der Waals surface area contributed by atoms with Crippen LogP contribution in [0.3, 0.4) is 0 Å². The van der Waals surface area contributed by atoms with E-state index in [1.807, 2.05) is 60.7 Å². The molecule has 2 aromatic carbocycles. The van der Waals surface area contributed by atoms with E-state index in [1.165, 1.54) is 4.90 Å². The molecule has 1 heterocycles. The van der Waals surface area contributed by atoms with E-state index in [0.29, 0.717) is 10.9 Å². The highest BCUT2D eigenvalue weighted by Gasteiger charge is 2.62. The van der Waals surface area contributed by atoms with Crippen LogP contribution in [0.25, 0.3) is 0 Å². The molecule has 0 aromatic heterocycles. The van der Waals surface area contributed by atoms with E-state index in [2.05, 4.69) is 10.6 Å². The second kappa shape index (κ2) is 8.96. The van der Waals surface area contributed by atoms with Crippen molar-refractivity contribution in [3.05, 3.63) is 82.6 Å². The van der Waals surface area contributed by atoms with Gasteiger partial charge in [-0.3, -0.25) is 19.8 Å². The molecule has 168 valence electrons. The molecule has 1 saturated carbocycles. The summed E-state index contributed by atoms with van der Waals surface area (Å²) in [6.07, 6.45) is 2.66. The van der Waals surface area contributed by atoms with E-state index >= 15 is 0 Å². The Bertz CT molecular complexity index is 1020. The summed E-state index contributed by atoms with van der Waals surface area (Å²) in [5.74, 6) is -0.720. The average molecular weight is 454 g/mol. The molecule has 1 aliphatic heterocycles. The zero-order valence-corrected chi connectivity index (χ0v) is 19.1. The number of nitrogens with one attached hydrogen (secondary N) is 2. The second-order valence-corrected chi connectivity index (χ2v) is 8.74. The molecule has 1 fully saturated rings. The maximum Gasteiger partial charge on any atom is 0.326 e. The number of allylic oxidation sites excluding steroid dienone is 1. The van der Waals surface area contributed by atoms with Crippen molar-refractivity contribution in [2.75, 3.05) is 13.6 Å². The van der Waals surface area contributed by atoms with Gasteiger partial charge in [-0.15, -0.1) is 0 Å². The van der Waals surface area contributed by atoms with Gasteiger partial charge in [-0.05, 0) is 37.9 Å². The first-order chi connectivity index (χ1) is 15.4. The Hall–Kier alpha value is -2.83.